The predicted molar refractivity (Wildman–Crippen MR) is 102 cm³/mol. The lowest BCUT2D eigenvalue weighted by Crippen LogP contribution is -2.15. The number of hydrogen-bond acceptors (Lipinski definition) is 3. The minimum atomic E-state index is -0.0579. The third-order valence-electron chi connectivity index (χ3n) is 4.99. The average molecular weight is 372 g/mol. The lowest BCUT2D eigenvalue weighted by molar-refractivity contribution is -0.117. The van der Waals surface area contributed by atoms with Gasteiger partial charge in [0.1, 0.15) is 17.6 Å². The van der Waals surface area contributed by atoms with Crippen LogP contribution in [0.3, 0.4) is 0 Å². The highest BCUT2D eigenvalue weighted by Crippen LogP contribution is 2.50. The monoisotopic (exact) mass is 371 g/mol. The second kappa shape index (κ2) is 6.84. The Bertz CT molecular complexity index is 851. The number of carbonyl (C=O) groups excluding carboxylic acids is 1. The first-order chi connectivity index (χ1) is 12.6. The Hall–Kier alpha value is -2.20. The molecule has 2 aromatic carbocycles. The maximum atomic E-state index is 12.7. The summed E-state index contributed by atoms with van der Waals surface area (Å²) in [4.78, 5) is 12.7. The molecule has 1 fully saturated rings. The molecule has 3 atom stereocenters. The average Bonchev–Trinajstić information content (AvgIpc) is 3.32. The molecule has 2 aliphatic rings. The Balaban J connectivity index is 1.52. The fraction of sp³-hybridized carbons (Fsp3) is 0.381. The minimum Gasteiger partial charge on any atom is -0.492 e. The van der Waals surface area contributed by atoms with Crippen LogP contribution < -0.4 is 14.8 Å². The van der Waals surface area contributed by atoms with Gasteiger partial charge in [0, 0.05) is 29.0 Å². The Kier molecular flexibility index (Phi) is 4.53. The molecule has 0 radical (unpaired) electrons. The first-order valence-corrected chi connectivity index (χ1v) is 9.46. The van der Waals surface area contributed by atoms with Gasteiger partial charge in [-0.15, -0.1) is 0 Å². The number of nitrogens with one attached hydrogen (secondary N) is 1. The first kappa shape index (κ1) is 17.2. The molecule has 1 aliphatic heterocycles. The largest absolute Gasteiger partial charge is 0.492 e. The maximum Gasteiger partial charge on any atom is 0.228 e. The standard InChI is InChI=1S/C21H22ClNO3/c1-3-25-20-9-13-8-12(2)26-19(13)11-18(20)23-21(24)16-10-15(16)14-6-4-5-7-17(14)22/h4-7,9,11-12,15-16H,3,8,10H2,1-2H3,(H,23,24). The van der Waals surface area contributed by atoms with Crippen LogP contribution in [0.1, 0.15) is 37.3 Å². The van der Waals surface area contributed by atoms with E-state index in [0.29, 0.717) is 18.0 Å². The third-order valence-corrected chi connectivity index (χ3v) is 5.33. The normalized spacial score (nSPS) is 23.1. The number of rotatable bonds is 5. The van der Waals surface area contributed by atoms with E-state index in [9.17, 15) is 4.79 Å². The molecule has 4 rings (SSSR count). The second-order valence-electron chi connectivity index (χ2n) is 6.98. The summed E-state index contributed by atoms with van der Waals surface area (Å²) in [6.45, 7) is 4.52. The Morgan fingerprint density at radius 3 is 2.92 bits per heavy atom. The highest BCUT2D eigenvalue weighted by atomic mass is 35.5. The molecular weight excluding hydrogens is 350 g/mol. The molecule has 1 saturated carbocycles. The summed E-state index contributed by atoms with van der Waals surface area (Å²) in [5.41, 5.74) is 2.85. The lowest BCUT2D eigenvalue weighted by Gasteiger charge is -2.13. The van der Waals surface area contributed by atoms with Crippen molar-refractivity contribution >= 4 is 23.2 Å². The predicted octanol–water partition coefficient (Wildman–Crippen LogP) is 4.80. The molecule has 1 heterocycles. The number of benzene rings is 2. The van der Waals surface area contributed by atoms with Crippen LogP contribution in [0.25, 0.3) is 0 Å². The number of amides is 1. The highest BCUT2D eigenvalue weighted by molar-refractivity contribution is 6.31. The van der Waals surface area contributed by atoms with Crippen LogP contribution in [0.4, 0.5) is 5.69 Å². The van der Waals surface area contributed by atoms with E-state index in [1.54, 1.807) is 0 Å². The number of carbonyl (C=O) groups is 1. The Morgan fingerprint density at radius 1 is 1.35 bits per heavy atom. The number of anilines is 1. The smallest absolute Gasteiger partial charge is 0.228 e. The minimum absolute atomic E-state index is 0.00173. The van der Waals surface area contributed by atoms with Crippen LogP contribution in [0.5, 0.6) is 11.5 Å². The van der Waals surface area contributed by atoms with Crippen molar-refractivity contribution in [3.8, 4) is 11.5 Å². The molecular formula is C21H22ClNO3. The Morgan fingerprint density at radius 2 is 2.15 bits per heavy atom. The SMILES string of the molecule is CCOc1cc2c(cc1NC(=O)C1CC1c1ccccc1Cl)OC(C)C2. The number of fused-ring (bicyclic) bond motifs is 1. The fourth-order valence-corrected chi connectivity index (χ4v) is 3.92. The zero-order chi connectivity index (χ0) is 18.3. The van der Waals surface area contributed by atoms with E-state index in [-0.39, 0.29) is 23.8 Å². The van der Waals surface area contributed by atoms with Gasteiger partial charge in [-0.2, -0.15) is 0 Å². The van der Waals surface area contributed by atoms with Crippen LogP contribution in [0, 0.1) is 5.92 Å². The molecule has 1 aliphatic carbocycles. The van der Waals surface area contributed by atoms with Gasteiger partial charge in [0.05, 0.1) is 12.3 Å². The molecule has 0 bridgehead atoms. The van der Waals surface area contributed by atoms with E-state index < -0.39 is 0 Å². The number of halogens is 1. The lowest BCUT2D eigenvalue weighted by atomic mass is 10.1. The van der Waals surface area contributed by atoms with Gasteiger partial charge in [0.15, 0.2) is 0 Å². The van der Waals surface area contributed by atoms with Crippen molar-refractivity contribution in [3.63, 3.8) is 0 Å². The van der Waals surface area contributed by atoms with Crippen LogP contribution in [0.15, 0.2) is 36.4 Å². The van der Waals surface area contributed by atoms with Crippen molar-refractivity contribution in [2.24, 2.45) is 5.92 Å². The van der Waals surface area contributed by atoms with Gasteiger partial charge in [-0.05, 0) is 43.9 Å². The molecule has 3 unspecified atom stereocenters. The van der Waals surface area contributed by atoms with Gasteiger partial charge in [-0.25, -0.2) is 0 Å². The molecule has 5 heteroatoms. The van der Waals surface area contributed by atoms with Crippen molar-refractivity contribution in [1.82, 2.24) is 0 Å². The van der Waals surface area contributed by atoms with Crippen LogP contribution in [-0.4, -0.2) is 18.6 Å². The quantitative estimate of drug-likeness (QED) is 0.820. The van der Waals surface area contributed by atoms with Gasteiger partial charge in [-0.3, -0.25) is 4.79 Å². The van der Waals surface area contributed by atoms with Crippen molar-refractivity contribution in [2.75, 3.05) is 11.9 Å². The second-order valence-corrected chi connectivity index (χ2v) is 7.39. The molecule has 136 valence electrons. The van der Waals surface area contributed by atoms with E-state index in [1.165, 1.54) is 0 Å². The van der Waals surface area contributed by atoms with Crippen molar-refractivity contribution in [3.05, 3.63) is 52.5 Å². The van der Waals surface area contributed by atoms with Crippen molar-refractivity contribution in [1.29, 1.82) is 0 Å². The summed E-state index contributed by atoms with van der Waals surface area (Å²) in [5.74, 6) is 1.66. The van der Waals surface area contributed by atoms with Crippen LogP contribution in [-0.2, 0) is 11.2 Å². The van der Waals surface area contributed by atoms with E-state index in [1.807, 2.05) is 50.2 Å². The summed E-state index contributed by atoms with van der Waals surface area (Å²) in [7, 11) is 0. The van der Waals surface area contributed by atoms with Crippen molar-refractivity contribution < 1.29 is 14.3 Å². The topological polar surface area (TPSA) is 47.6 Å². The molecule has 0 aromatic heterocycles. The van der Waals surface area contributed by atoms with E-state index in [0.717, 1.165) is 34.7 Å². The number of hydrogen-bond donors (Lipinski definition) is 1. The van der Waals surface area contributed by atoms with Crippen LogP contribution >= 0.6 is 11.6 Å². The first-order valence-electron chi connectivity index (χ1n) is 9.08. The third kappa shape index (κ3) is 3.26. The summed E-state index contributed by atoms with van der Waals surface area (Å²) in [6.07, 6.45) is 1.83. The molecule has 4 nitrogen and oxygen atoms in total. The molecule has 26 heavy (non-hydrogen) atoms. The van der Waals surface area contributed by atoms with E-state index >= 15 is 0 Å². The van der Waals surface area contributed by atoms with Crippen LogP contribution in [0.2, 0.25) is 5.02 Å². The maximum absolute atomic E-state index is 12.7. The summed E-state index contributed by atoms with van der Waals surface area (Å²) in [5, 5.41) is 3.76. The van der Waals surface area contributed by atoms with E-state index in [4.69, 9.17) is 21.1 Å². The number of ether oxygens (including phenoxy) is 2. The van der Waals surface area contributed by atoms with Gasteiger partial charge in [-0.1, -0.05) is 29.8 Å². The highest BCUT2D eigenvalue weighted by Gasteiger charge is 2.45. The van der Waals surface area contributed by atoms with Gasteiger partial charge in [0.2, 0.25) is 5.91 Å². The summed E-state index contributed by atoms with van der Waals surface area (Å²) < 4.78 is 11.6. The van der Waals surface area contributed by atoms with E-state index in [2.05, 4.69) is 5.32 Å². The molecule has 2 aromatic rings. The Labute approximate surface area is 158 Å². The fourth-order valence-electron chi connectivity index (χ4n) is 3.64. The zero-order valence-corrected chi connectivity index (χ0v) is 15.7. The summed E-state index contributed by atoms with van der Waals surface area (Å²) in [6, 6.07) is 11.6. The van der Waals surface area contributed by atoms with Gasteiger partial charge < -0.3 is 14.8 Å². The van der Waals surface area contributed by atoms with Crippen molar-refractivity contribution in [2.45, 2.75) is 38.7 Å². The molecule has 1 amide bonds. The van der Waals surface area contributed by atoms with Gasteiger partial charge >= 0.3 is 0 Å². The summed E-state index contributed by atoms with van der Waals surface area (Å²) >= 11 is 6.27. The molecule has 1 N–H and O–H groups in total. The van der Waals surface area contributed by atoms with Gasteiger partial charge in [0.25, 0.3) is 0 Å². The zero-order valence-electron chi connectivity index (χ0n) is 14.9. The molecule has 0 saturated heterocycles. The molecule has 0 spiro atoms.